The first-order valence-corrected chi connectivity index (χ1v) is 6.27. The summed E-state index contributed by atoms with van der Waals surface area (Å²) in [5.74, 6) is -0.284. The van der Waals surface area contributed by atoms with Crippen molar-refractivity contribution in [2.45, 2.75) is 25.9 Å². The fourth-order valence-corrected chi connectivity index (χ4v) is 2.12. The number of methoxy groups -OCH3 is 1. The van der Waals surface area contributed by atoms with E-state index in [4.69, 9.17) is 9.47 Å². The van der Waals surface area contributed by atoms with E-state index in [2.05, 4.69) is 5.32 Å². The van der Waals surface area contributed by atoms with E-state index in [-0.39, 0.29) is 12.1 Å². The molecule has 4 heteroatoms. The molecule has 4 nitrogen and oxygen atoms in total. The number of hydrogen-bond acceptors (Lipinski definition) is 4. The number of nitrogens with one attached hydrogen (secondary N) is 1. The minimum Gasteiger partial charge on any atom is -0.457 e. The number of aryl methyl sites for hydroxylation is 1. The topological polar surface area (TPSA) is 47.6 Å². The van der Waals surface area contributed by atoms with Gasteiger partial charge in [0.05, 0.1) is 12.2 Å². The van der Waals surface area contributed by atoms with E-state index in [0.29, 0.717) is 12.2 Å². The van der Waals surface area contributed by atoms with Gasteiger partial charge in [-0.2, -0.15) is 0 Å². The number of rotatable bonds is 4. The van der Waals surface area contributed by atoms with Crippen molar-refractivity contribution in [3.63, 3.8) is 0 Å². The summed E-state index contributed by atoms with van der Waals surface area (Å²) in [6.07, 6.45) is 1.89. The largest absolute Gasteiger partial charge is 0.457 e. The van der Waals surface area contributed by atoms with Gasteiger partial charge in [0.25, 0.3) is 0 Å². The standard InChI is InChI=1S/C14H19NO3/c1-10(9-17-2)18-14(16)12-5-6-13-11(8-12)4-3-7-15-13/h5-6,8,10,15H,3-4,7,9H2,1-2H3. The summed E-state index contributed by atoms with van der Waals surface area (Å²) in [5.41, 5.74) is 2.93. The summed E-state index contributed by atoms with van der Waals surface area (Å²) < 4.78 is 10.2. The molecule has 1 aromatic rings. The van der Waals surface area contributed by atoms with Crippen molar-refractivity contribution >= 4 is 11.7 Å². The molecule has 1 unspecified atom stereocenters. The first kappa shape index (κ1) is 12.9. The van der Waals surface area contributed by atoms with Crippen LogP contribution in [0.5, 0.6) is 0 Å². The molecule has 0 aromatic heterocycles. The number of carbonyl (C=O) groups is 1. The molecule has 1 aliphatic rings. The van der Waals surface area contributed by atoms with Crippen molar-refractivity contribution in [1.29, 1.82) is 0 Å². The van der Waals surface area contributed by atoms with Crippen LogP contribution in [-0.2, 0) is 15.9 Å². The maximum Gasteiger partial charge on any atom is 0.338 e. The molecule has 1 aromatic carbocycles. The van der Waals surface area contributed by atoms with Crippen molar-refractivity contribution < 1.29 is 14.3 Å². The molecule has 2 rings (SSSR count). The fourth-order valence-electron chi connectivity index (χ4n) is 2.12. The van der Waals surface area contributed by atoms with Crippen LogP contribution < -0.4 is 5.32 Å². The number of fused-ring (bicyclic) bond motifs is 1. The van der Waals surface area contributed by atoms with Gasteiger partial charge in [0.2, 0.25) is 0 Å². The van der Waals surface area contributed by atoms with Gasteiger partial charge < -0.3 is 14.8 Å². The van der Waals surface area contributed by atoms with Crippen molar-refractivity contribution in [2.75, 3.05) is 25.6 Å². The Bertz CT molecular complexity index is 431. The first-order valence-electron chi connectivity index (χ1n) is 6.27. The van der Waals surface area contributed by atoms with Gasteiger partial charge in [0, 0.05) is 19.3 Å². The molecule has 0 spiro atoms. The summed E-state index contributed by atoms with van der Waals surface area (Å²) in [4.78, 5) is 11.9. The first-order chi connectivity index (χ1) is 8.70. The lowest BCUT2D eigenvalue weighted by Gasteiger charge is -2.19. The molecule has 0 saturated heterocycles. The van der Waals surface area contributed by atoms with Crippen molar-refractivity contribution in [3.8, 4) is 0 Å². The highest BCUT2D eigenvalue weighted by molar-refractivity contribution is 5.90. The highest BCUT2D eigenvalue weighted by atomic mass is 16.6. The zero-order valence-corrected chi connectivity index (χ0v) is 10.9. The Morgan fingerprint density at radius 1 is 1.50 bits per heavy atom. The molecule has 1 aliphatic heterocycles. The Morgan fingerprint density at radius 3 is 3.11 bits per heavy atom. The second kappa shape index (κ2) is 5.87. The molecule has 98 valence electrons. The summed E-state index contributed by atoms with van der Waals surface area (Å²) >= 11 is 0. The van der Waals surface area contributed by atoms with Crippen LogP contribution in [0.2, 0.25) is 0 Å². The Kier molecular flexibility index (Phi) is 4.20. The van der Waals surface area contributed by atoms with Crippen LogP contribution >= 0.6 is 0 Å². The van der Waals surface area contributed by atoms with Gasteiger partial charge in [0.15, 0.2) is 0 Å². The van der Waals surface area contributed by atoms with Gasteiger partial charge in [-0.3, -0.25) is 0 Å². The van der Waals surface area contributed by atoms with Crippen molar-refractivity contribution in [3.05, 3.63) is 29.3 Å². The molecule has 0 fully saturated rings. The Morgan fingerprint density at radius 2 is 2.33 bits per heavy atom. The molecule has 0 bridgehead atoms. The SMILES string of the molecule is COCC(C)OC(=O)c1ccc2c(c1)CCCN2. The summed E-state index contributed by atoms with van der Waals surface area (Å²) in [5, 5.41) is 3.32. The van der Waals surface area contributed by atoms with Gasteiger partial charge in [0.1, 0.15) is 6.10 Å². The molecular formula is C14H19NO3. The maximum absolute atomic E-state index is 11.9. The van der Waals surface area contributed by atoms with Crippen LogP contribution in [0.1, 0.15) is 29.3 Å². The number of anilines is 1. The van der Waals surface area contributed by atoms with Crippen molar-refractivity contribution in [2.24, 2.45) is 0 Å². The quantitative estimate of drug-likeness (QED) is 0.831. The molecule has 18 heavy (non-hydrogen) atoms. The zero-order valence-electron chi connectivity index (χ0n) is 10.9. The molecule has 0 radical (unpaired) electrons. The monoisotopic (exact) mass is 249 g/mol. The summed E-state index contributed by atoms with van der Waals surface area (Å²) in [6, 6.07) is 5.68. The summed E-state index contributed by atoms with van der Waals surface area (Å²) in [7, 11) is 1.59. The van der Waals surface area contributed by atoms with Crippen LogP contribution in [0, 0.1) is 0 Å². The van der Waals surface area contributed by atoms with Gasteiger partial charge in [-0.15, -0.1) is 0 Å². The molecule has 0 saturated carbocycles. The third-order valence-corrected chi connectivity index (χ3v) is 2.99. The molecule has 1 N–H and O–H groups in total. The Balaban J connectivity index is 2.06. The van der Waals surface area contributed by atoms with Crippen LogP contribution in [0.15, 0.2) is 18.2 Å². The van der Waals surface area contributed by atoms with Gasteiger partial charge >= 0.3 is 5.97 Å². The number of hydrogen-bond donors (Lipinski definition) is 1. The normalized spacial score (nSPS) is 15.4. The minimum absolute atomic E-state index is 0.225. The van der Waals surface area contributed by atoms with Crippen LogP contribution in [0.4, 0.5) is 5.69 Å². The molecule has 1 heterocycles. The van der Waals surface area contributed by atoms with E-state index < -0.39 is 0 Å². The molecule has 0 amide bonds. The average Bonchev–Trinajstić information content (AvgIpc) is 2.38. The van der Waals surface area contributed by atoms with E-state index >= 15 is 0 Å². The molecule has 1 atom stereocenters. The lowest BCUT2D eigenvalue weighted by Crippen LogP contribution is -2.20. The van der Waals surface area contributed by atoms with E-state index in [1.165, 1.54) is 5.56 Å². The van der Waals surface area contributed by atoms with E-state index in [1.807, 2.05) is 19.1 Å². The number of ether oxygens (including phenoxy) is 2. The predicted octanol–water partition coefficient (Wildman–Crippen LogP) is 2.24. The van der Waals surface area contributed by atoms with Gasteiger partial charge in [-0.1, -0.05) is 0 Å². The Hall–Kier alpha value is -1.55. The van der Waals surface area contributed by atoms with Crippen LogP contribution in [-0.4, -0.2) is 32.3 Å². The smallest absolute Gasteiger partial charge is 0.338 e. The minimum atomic E-state index is -0.284. The highest BCUT2D eigenvalue weighted by Crippen LogP contribution is 2.23. The van der Waals surface area contributed by atoms with Crippen LogP contribution in [0.25, 0.3) is 0 Å². The lowest BCUT2D eigenvalue weighted by atomic mass is 10.0. The second-order valence-electron chi connectivity index (χ2n) is 4.57. The van der Waals surface area contributed by atoms with Crippen molar-refractivity contribution in [1.82, 2.24) is 0 Å². The van der Waals surface area contributed by atoms with E-state index in [9.17, 15) is 4.79 Å². The molecular weight excluding hydrogens is 230 g/mol. The number of benzene rings is 1. The fraction of sp³-hybridized carbons (Fsp3) is 0.500. The Labute approximate surface area is 107 Å². The van der Waals surface area contributed by atoms with Crippen LogP contribution in [0.3, 0.4) is 0 Å². The highest BCUT2D eigenvalue weighted by Gasteiger charge is 2.15. The zero-order chi connectivity index (χ0) is 13.0. The molecule has 0 aliphatic carbocycles. The number of esters is 1. The van der Waals surface area contributed by atoms with E-state index in [0.717, 1.165) is 25.1 Å². The third-order valence-electron chi connectivity index (χ3n) is 2.99. The predicted molar refractivity (Wildman–Crippen MR) is 70.0 cm³/mol. The second-order valence-corrected chi connectivity index (χ2v) is 4.57. The van der Waals surface area contributed by atoms with E-state index in [1.54, 1.807) is 13.2 Å². The van der Waals surface area contributed by atoms with Gasteiger partial charge in [-0.05, 0) is 43.5 Å². The lowest BCUT2D eigenvalue weighted by molar-refractivity contribution is 0.0120. The average molecular weight is 249 g/mol. The third kappa shape index (κ3) is 3.01. The van der Waals surface area contributed by atoms with Gasteiger partial charge in [-0.25, -0.2) is 4.79 Å². The summed E-state index contributed by atoms with van der Waals surface area (Å²) in [6.45, 7) is 3.24. The number of carbonyl (C=O) groups excluding carboxylic acids is 1. The maximum atomic E-state index is 11.9.